The van der Waals surface area contributed by atoms with Gasteiger partial charge < -0.3 is 4.74 Å². The minimum Gasteiger partial charge on any atom is -0.378 e. The highest BCUT2D eigenvalue weighted by Crippen LogP contribution is 2.05. The second-order valence-electron chi connectivity index (χ2n) is 1.46. The molecule has 0 amide bonds. The van der Waals surface area contributed by atoms with Crippen molar-refractivity contribution in [2.75, 3.05) is 13.2 Å². The summed E-state index contributed by atoms with van der Waals surface area (Å²) < 4.78 is 16.5. The zero-order valence-electron chi connectivity index (χ0n) is 3.48. The third-order valence-corrected chi connectivity index (χ3v) is 0.874. The molecular weight excluding hydrogens is 83.0 g/mol. The molecule has 0 aromatic rings. The van der Waals surface area contributed by atoms with Crippen molar-refractivity contribution in [3.8, 4) is 0 Å². The number of hydrogen-bond donors (Lipinski definition) is 0. The first-order valence-corrected chi connectivity index (χ1v) is 2.11. The van der Waals surface area contributed by atoms with E-state index >= 15 is 0 Å². The van der Waals surface area contributed by atoms with Crippen molar-refractivity contribution in [2.45, 2.75) is 12.6 Å². The summed E-state index contributed by atoms with van der Waals surface area (Å²) in [7, 11) is 0. The Morgan fingerprint density at radius 3 is 2.67 bits per heavy atom. The van der Waals surface area contributed by atoms with E-state index in [1.807, 2.05) is 0 Å². The summed E-state index contributed by atoms with van der Waals surface area (Å²) in [5.74, 6) is 0. The van der Waals surface area contributed by atoms with E-state index in [2.05, 4.69) is 4.74 Å². The predicted octanol–water partition coefficient (Wildman–Crippen LogP) is 0.745. The summed E-state index contributed by atoms with van der Waals surface area (Å²) in [5.41, 5.74) is 0. The maximum atomic E-state index is 11.8. The lowest BCUT2D eigenvalue weighted by Crippen LogP contribution is -1.94. The summed E-state index contributed by atoms with van der Waals surface area (Å²) in [6.07, 6.45) is -0.0787. The molecule has 0 saturated carbocycles. The summed E-state index contributed by atoms with van der Waals surface area (Å²) in [6.45, 7) is 0.932. The average Bonchev–Trinajstić information content (AvgIpc) is 1.86. The number of halogens is 1. The molecule has 1 fully saturated rings. The maximum absolute atomic E-state index is 11.8. The van der Waals surface area contributed by atoms with Gasteiger partial charge in [-0.2, -0.15) is 0 Å². The number of alkyl halides is 1. The van der Waals surface area contributed by atoms with Gasteiger partial charge in [-0.25, -0.2) is 4.39 Å². The first-order chi connectivity index (χ1) is 2.89. The molecule has 1 rings (SSSR count). The largest absolute Gasteiger partial charge is 0.378 e. The van der Waals surface area contributed by atoms with E-state index in [1.54, 1.807) is 0 Å². The standard InChI is InChI=1S/C4H7FO/c5-4-1-2-6-3-4/h4H,1-3H2/t4-/m0/s1. The Balaban J connectivity index is 2.18. The number of hydrogen-bond acceptors (Lipinski definition) is 1. The smallest absolute Gasteiger partial charge is 0.126 e. The first kappa shape index (κ1) is 4.06. The van der Waals surface area contributed by atoms with Crippen LogP contribution in [-0.4, -0.2) is 19.4 Å². The van der Waals surface area contributed by atoms with Crippen LogP contribution in [0.1, 0.15) is 6.42 Å². The Kier molecular flexibility index (Phi) is 1.05. The number of ether oxygens (including phenoxy) is 1. The van der Waals surface area contributed by atoms with Gasteiger partial charge in [0.2, 0.25) is 0 Å². The van der Waals surface area contributed by atoms with E-state index in [-0.39, 0.29) is 0 Å². The lowest BCUT2D eigenvalue weighted by molar-refractivity contribution is 0.173. The van der Waals surface area contributed by atoms with Crippen LogP contribution in [0.2, 0.25) is 0 Å². The molecule has 0 bridgehead atoms. The van der Waals surface area contributed by atoms with Gasteiger partial charge in [-0.15, -0.1) is 0 Å². The average molecular weight is 90.1 g/mol. The maximum Gasteiger partial charge on any atom is 0.126 e. The molecule has 1 nitrogen and oxygen atoms in total. The van der Waals surface area contributed by atoms with Crippen molar-refractivity contribution in [1.29, 1.82) is 0 Å². The molecule has 0 N–H and O–H groups in total. The molecule has 0 spiro atoms. The molecule has 1 aliphatic heterocycles. The van der Waals surface area contributed by atoms with Crippen LogP contribution in [0.3, 0.4) is 0 Å². The fourth-order valence-electron chi connectivity index (χ4n) is 0.506. The minimum absolute atomic E-state index is 0.319. The van der Waals surface area contributed by atoms with E-state index in [4.69, 9.17) is 0 Å². The molecule has 0 aromatic carbocycles. The quantitative estimate of drug-likeness (QED) is 0.426. The Morgan fingerprint density at radius 2 is 2.50 bits per heavy atom. The minimum atomic E-state index is -0.676. The van der Waals surface area contributed by atoms with Crippen molar-refractivity contribution >= 4 is 0 Å². The van der Waals surface area contributed by atoms with Crippen LogP contribution in [0.15, 0.2) is 0 Å². The highest BCUT2D eigenvalue weighted by atomic mass is 19.1. The molecule has 0 radical (unpaired) electrons. The highest BCUT2D eigenvalue weighted by molar-refractivity contribution is 4.59. The molecule has 0 aromatic heterocycles. The Morgan fingerprint density at radius 1 is 1.67 bits per heavy atom. The van der Waals surface area contributed by atoms with Crippen LogP contribution in [0.25, 0.3) is 0 Å². The van der Waals surface area contributed by atoms with Gasteiger partial charge in [0.15, 0.2) is 0 Å². The number of rotatable bonds is 0. The van der Waals surface area contributed by atoms with E-state index in [9.17, 15) is 4.39 Å². The monoisotopic (exact) mass is 90.0 g/mol. The summed E-state index contributed by atoms with van der Waals surface area (Å²) in [4.78, 5) is 0. The lowest BCUT2D eigenvalue weighted by Gasteiger charge is -1.84. The summed E-state index contributed by atoms with van der Waals surface area (Å²) >= 11 is 0. The van der Waals surface area contributed by atoms with Crippen LogP contribution in [0, 0.1) is 0 Å². The van der Waals surface area contributed by atoms with Crippen LogP contribution < -0.4 is 0 Å². The third-order valence-electron chi connectivity index (χ3n) is 0.874. The van der Waals surface area contributed by atoms with E-state index in [0.717, 1.165) is 0 Å². The molecule has 0 aliphatic carbocycles. The fraction of sp³-hybridized carbons (Fsp3) is 1.00. The molecule has 6 heavy (non-hydrogen) atoms. The van der Waals surface area contributed by atoms with E-state index in [0.29, 0.717) is 19.6 Å². The zero-order valence-corrected chi connectivity index (χ0v) is 3.48. The molecular formula is C4H7FO. The van der Waals surface area contributed by atoms with Gasteiger partial charge in [-0.05, 0) is 0 Å². The van der Waals surface area contributed by atoms with Crippen molar-refractivity contribution in [1.82, 2.24) is 0 Å². The second kappa shape index (κ2) is 1.56. The Labute approximate surface area is 36.1 Å². The molecule has 1 atom stereocenters. The zero-order chi connectivity index (χ0) is 4.41. The highest BCUT2D eigenvalue weighted by Gasteiger charge is 2.12. The summed E-state index contributed by atoms with van der Waals surface area (Å²) in [5, 5.41) is 0. The van der Waals surface area contributed by atoms with E-state index < -0.39 is 6.17 Å². The van der Waals surface area contributed by atoms with Crippen LogP contribution in [0.5, 0.6) is 0 Å². The van der Waals surface area contributed by atoms with Crippen molar-refractivity contribution < 1.29 is 9.13 Å². The predicted molar refractivity (Wildman–Crippen MR) is 20.3 cm³/mol. The van der Waals surface area contributed by atoms with Gasteiger partial charge in [0.25, 0.3) is 0 Å². The third kappa shape index (κ3) is 0.684. The Hall–Kier alpha value is -0.110. The van der Waals surface area contributed by atoms with Gasteiger partial charge >= 0.3 is 0 Å². The molecule has 0 unspecified atom stereocenters. The van der Waals surface area contributed by atoms with E-state index in [1.165, 1.54) is 0 Å². The molecule has 1 saturated heterocycles. The van der Waals surface area contributed by atoms with Gasteiger partial charge in [-0.3, -0.25) is 0 Å². The Bertz CT molecular complexity index is 40.8. The van der Waals surface area contributed by atoms with Gasteiger partial charge in [0, 0.05) is 13.0 Å². The van der Waals surface area contributed by atoms with Crippen LogP contribution in [0.4, 0.5) is 4.39 Å². The first-order valence-electron chi connectivity index (χ1n) is 2.11. The van der Waals surface area contributed by atoms with Crippen molar-refractivity contribution in [3.05, 3.63) is 0 Å². The summed E-state index contributed by atoms with van der Waals surface area (Å²) in [6, 6.07) is 0. The van der Waals surface area contributed by atoms with Gasteiger partial charge in [0.1, 0.15) is 6.17 Å². The normalized spacial score (nSPS) is 34.5. The fourth-order valence-corrected chi connectivity index (χ4v) is 0.506. The van der Waals surface area contributed by atoms with Gasteiger partial charge in [0.05, 0.1) is 6.61 Å². The second-order valence-corrected chi connectivity index (χ2v) is 1.46. The molecule has 1 heterocycles. The van der Waals surface area contributed by atoms with Crippen LogP contribution >= 0.6 is 0 Å². The lowest BCUT2D eigenvalue weighted by atomic mass is 10.4. The van der Waals surface area contributed by atoms with Crippen molar-refractivity contribution in [3.63, 3.8) is 0 Å². The van der Waals surface area contributed by atoms with Gasteiger partial charge in [-0.1, -0.05) is 0 Å². The van der Waals surface area contributed by atoms with Crippen LogP contribution in [-0.2, 0) is 4.74 Å². The molecule has 1 aliphatic rings. The topological polar surface area (TPSA) is 9.23 Å². The van der Waals surface area contributed by atoms with Crippen molar-refractivity contribution in [2.24, 2.45) is 0 Å². The molecule has 2 heteroatoms. The molecule has 36 valence electrons. The SMILES string of the molecule is F[C@H]1CCOC1.